The fourth-order valence-electron chi connectivity index (χ4n) is 1.49. The van der Waals surface area contributed by atoms with E-state index in [0.29, 0.717) is 5.56 Å². The molecule has 0 amide bonds. The molecule has 1 unspecified atom stereocenters. The smallest absolute Gasteiger partial charge is 0.322 e. The zero-order chi connectivity index (χ0) is 13.7. The summed E-state index contributed by atoms with van der Waals surface area (Å²) >= 11 is 0. The van der Waals surface area contributed by atoms with Gasteiger partial charge in [-0.2, -0.15) is 0 Å². The molecule has 1 rings (SSSR count). The van der Waals surface area contributed by atoms with Crippen molar-refractivity contribution in [1.82, 2.24) is 0 Å². The Balaban J connectivity index is 0.00000324. The third-order valence-corrected chi connectivity index (χ3v) is 2.40. The molecule has 8 heteroatoms. The average molecular weight is 291 g/mol. The number of nitro benzene ring substituents is 1. The molecule has 0 radical (unpaired) electrons. The summed E-state index contributed by atoms with van der Waals surface area (Å²) < 4.78 is 9.35. The first kappa shape index (κ1) is 17.1. The molecule has 0 spiro atoms. The molecule has 0 saturated carbocycles. The van der Waals surface area contributed by atoms with Crippen LogP contribution in [0.25, 0.3) is 0 Å². The molecule has 19 heavy (non-hydrogen) atoms. The highest BCUT2D eigenvalue weighted by atomic mass is 35.5. The lowest BCUT2D eigenvalue weighted by Gasteiger charge is -2.09. The Kier molecular flexibility index (Phi) is 6.81. The number of hydrogen-bond donors (Lipinski definition) is 1. The zero-order valence-corrected chi connectivity index (χ0v) is 11.3. The van der Waals surface area contributed by atoms with Gasteiger partial charge in [0.05, 0.1) is 19.1 Å². The first-order chi connectivity index (χ1) is 8.49. The van der Waals surface area contributed by atoms with E-state index in [1.165, 1.54) is 26.4 Å². The molecule has 1 aromatic rings. The summed E-state index contributed by atoms with van der Waals surface area (Å²) in [5, 5.41) is 10.8. The number of benzene rings is 1. The molecule has 7 nitrogen and oxygen atoms in total. The lowest BCUT2D eigenvalue weighted by atomic mass is 10.1. The molecule has 0 heterocycles. The third kappa shape index (κ3) is 4.38. The summed E-state index contributed by atoms with van der Waals surface area (Å²) in [5.74, 6) is -0.399. The number of hydrogen-bond acceptors (Lipinski definition) is 6. The van der Waals surface area contributed by atoms with Crippen LogP contribution in [0.3, 0.4) is 0 Å². The van der Waals surface area contributed by atoms with Gasteiger partial charge in [0.2, 0.25) is 0 Å². The number of carbonyl (C=O) groups excluding carboxylic acids is 1. The molecular formula is C11H15ClN2O5. The number of nitrogens with two attached hydrogens (primary N) is 1. The van der Waals surface area contributed by atoms with Crippen LogP contribution in [0, 0.1) is 10.1 Å². The Labute approximate surface area is 116 Å². The fraction of sp³-hybridized carbons (Fsp3) is 0.364. The minimum atomic E-state index is -0.844. The topological polar surface area (TPSA) is 105 Å². The van der Waals surface area contributed by atoms with Crippen molar-refractivity contribution in [2.75, 3.05) is 14.2 Å². The van der Waals surface area contributed by atoms with Crippen LogP contribution in [0.2, 0.25) is 0 Å². The number of methoxy groups -OCH3 is 2. The van der Waals surface area contributed by atoms with Gasteiger partial charge in [0.25, 0.3) is 0 Å². The Morgan fingerprint density at radius 1 is 1.47 bits per heavy atom. The van der Waals surface area contributed by atoms with Gasteiger partial charge >= 0.3 is 11.7 Å². The Bertz CT molecular complexity index is 466. The van der Waals surface area contributed by atoms with Crippen LogP contribution in [0.15, 0.2) is 18.2 Å². The van der Waals surface area contributed by atoms with E-state index in [1.807, 2.05) is 0 Å². The number of nitrogens with zero attached hydrogens (tertiary/aromatic N) is 1. The number of rotatable bonds is 5. The van der Waals surface area contributed by atoms with E-state index in [9.17, 15) is 14.9 Å². The molecular weight excluding hydrogens is 276 g/mol. The van der Waals surface area contributed by atoms with Crippen molar-refractivity contribution >= 4 is 24.1 Å². The van der Waals surface area contributed by atoms with Crippen LogP contribution >= 0.6 is 12.4 Å². The summed E-state index contributed by atoms with van der Waals surface area (Å²) in [6.07, 6.45) is 0.164. The highest BCUT2D eigenvalue weighted by Crippen LogP contribution is 2.27. The maximum absolute atomic E-state index is 11.2. The largest absolute Gasteiger partial charge is 0.490 e. The van der Waals surface area contributed by atoms with E-state index in [0.717, 1.165) is 0 Å². The Morgan fingerprint density at radius 3 is 2.58 bits per heavy atom. The van der Waals surface area contributed by atoms with Crippen LogP contribution in [0.1, 0.15) is 5.56 Å². The van der Waals surface area contributed by atoms with Gasteiger partial charge in [-0.15, -0.1) is 12.4 Å². The van der Waals surface area contributed by atoms with Gasteiger partial charge in [-0.1, -0.05) is 6.07 Å². The quantitative estimate of drug-likeness (QED) is 0.494. The molecule has 2 N–H and O–H groups in total. The SMILES string of the molecule is COC(=O)C(N)Cc1ccc(OC)c([N+](=O)[O-])c1.Cl. The van der Waals surface area contributed by atoms with Crippen molar-refractivity contribution in [3.05, 3.63) is 33.9 Å². The van der Waals surface area contributed by atoms with Crippen LogP contribution < -0.4 is 10.5 Å². The predicted octanol–water partition coefficient (Wildman–Crippen LogP) is 1.07. The highest BCUT2D eigenvalue weighted by molar-refractivity contribution is 5.85. The number of carbonyl (C=O) groups is 1. The first-order valence-corrected chi connectivity index (χ1v) is 5.14. The second-order valence-corrected chi connectivity index (χ2v) is 3.60. The monoisotopic (exact) mass is 290 g/mol. The normalized spacial score (nSPS) is 11.1. The minimum Gasteiger partial charge on any atom is -0.490 e. The van der Waals surface area contributed by atoms with Crippen LogP contribution in [0.4, 0.5) is 5.69 Å². The van der Waals surface area contributed by atoms with E-state index in [1.54, 1.807) is 6.07 Å². The van der Waals surface area contributed by atoms with Crippen molar-refractivity contribution in [3.63, 3.8) is 0 Å². The van der Waals surface area contributed by atoms with E-state index in [2.05, 4.69) is 4.74 Å². The lowest BCUT2D eigenvalue weighted by Crippen LogP contribution is -2.33. The van der Waals surface area contributed by atoms with Crippen molar-refractivity contribution in [3.8, 4) is 5.75 Å². The summed E-state index contributed by atoms with van der Waals surface area (Å²) in [6, 6.07) is 3.58. The summed E-state index contributed by atoms with van der Waals surface area (Å²) in [5.41, 5.74) is 5.99. The number of ether oxygens (including phenoxy) is 2. The average Bonchev–Trinajstić information content (AvgIpc) is 2.37. The molecule has 0 aliphatic carbocycles. The van der Waals surface area contributed by atoms with Gasteiger partial charge in [-0.05, 0) is 18.1 Å². The third-order valence-electron chi connectivity index (χ3n) is 2.40. The Morgan fingerprint density at radius 2 is 2.11 bits per heavy atom. The van der Waals surface area contributed by atoms with Crippen molar-refractivity contribution in [1.29, 1.82) is 0 Å². The van der Waals surface area contributed by atoms with Crippen LogP contribution in [-0.2, 0) is 16.0 Å². The molecule has 0 aliphatic heterocycles. The van der Waals surface area contributed by atoms with Crippen molar-refractivity contribution < 1.29 is 19.2 Å². The minimum absolute atomic E-state index is 0. The Hall–Kier alpha value is -1.86. The molecule has 0 saturated heterocycles. The van der Waals surface area contributed by atoms with Crippen molar-refractivity contribution in [2.45, 2.75) is 12.5 Å². The van der Waals surface area contributed by atoms with Gasteiger partial charge < -0.3 is 15.2 Å². The number of esters is 1. The van der Waals surface area contributed by atoms with E-state index >= 15 is 0 Å². The zero-order valence-electron chi connectivity index (χ0n) is 10.5. The summed E-state index contributed by atoms with van der Waals surface area (Å²) in [4.78, 5) is 21.4. The maximum atomic E-state index is 11.2. The van der Waals surface area contributed by atoms with Gasteiger partial charge in [-0.3, -0.25) is 14.9 Å². The highest BCUT2D eigenvalue weighted by Gasteiger charge is 2.19. The van der Waals surface area contributed by atoms with Crippen LogP contribution in [-0.4, -0.2) is 31.2 Å². The van der Waals surface area contributed by atoms with Crippen molar-refractivity contribution in [2.24, 2.45) is 5.73 Å². The van der Waals surface area contributed by atoms with Gasteiger partial charge in [-0.25, -0.2) is 0 Å². The molecule has 0 fully saturated rings. The maximum Gasteiger partial charge on any atom is 0.322 e. The number of halogens is 1. The predicted molar refractivity (Wildman–Crippen MR) is 70.6 cm³/mol. The molecule has 0 aromatic heterocycles. The molecule has 0 aliphatic rings. The van der Waals surface area contributed by atoms with Crippen LogP contribution in [0.5, 0.6) is 5.75 Å². The second kappa shape index (κ2) is 7.55. The lowest BCUT2D eigenvalue weighted by molar-refractivity contribution is -0.385. The van der Waals surface area contributed by atoms with E-state index < -0.39 is 16.9 Å². The molecule has 1 aromatic carbocycles. The first-order valence-electron chi connectivity index (χ1n) is 5.14. The number of nitro groups is 1. The van der Waals surface area contributed by atoms with Gasteiger partial charge in [0.15, 0.2) is 5.75 Å². The van der Waals surface area contributed by atoms with E-state index in [-0.39, 0.29) is 30.3 Å². The summed E-state index contributed by atoms with van der Waals surface area (Å²) in [6.45, 7) is 0. The fourth-order valence-corrected chi connectivity index (χ4v) is 1.49. The second-order valence-electron chi connectivity index (χ2n) is 3.60. The standard InChI is InChI=1S/C11H14N2O5.ClH/c1-17-10-4-3-7(6-9(10)13(15)16)5-8(12)11(14)18-2;/h3-4,6,8H,5,12H2,1-2H3;1H. The molecule has 106 valence electrons. The summed E-state index contributed by atoms with van der Waals surface area (Å²) in [7, 11) is 2.58. The van der Waals surface area contributed by atoms with Gasteiger partial charge in [0, 0.05) is 6.07 Å². The van der Waals surface area contributed by atoms with E-state index in [4.69, 9.17) is 10.5 Å². The molecule has 1 atom stereocenters. The van der Waals surface area contributed by atoms with Gasteiger partial charge in [0.1, 0.15) is 6.04 Å². The molecule has 0 bridgehead atoms.